The zero-order valence-electron chi connectivity index (χ0n) is 9.65. The summed E-state index contributed by atoms with van der Waals surface area (Å²) in [6.45, 7) is 5.71. The number of hydrogen-bond acceptors (Lipinski definition) is 3. The van der Waals surface area contributed by atoms with Crippen LogP contribution in [-0.4, -0.2) is 22.7 Å². The van der Waals surface area contributed by atoms with Crippen LogP contribution in [0.5, 0.6) is 5.75 Å². The summed E-state index contributed by atoms with van der Waals surface area (Å²) in [5.41, 5.74) is 1.36. The molecule has 1 rings (SSSR count). The molecule has 0 bridgehead atoms. The maximum atomic E-state index is 11.0. The molecule has 0 saturated carbocycles. The van der Waals surface area contributed by atoms with Crippen LogP contribution in [0, 0.1) is 13.8 Å². The predicted octanol–water partition coefficient (Wildman–Crippen LogP) is 2.35. The molecule has 4 nitrogen and oxygen atoms in total. The predicted molar refractivity (Wildman–Crippen MR) is 61.0 cm³/mol. The number of hydrogen-bond donors (Lipinski definition) is 1. The van der Waals surface area contributed by atoms with Crippen LogP contribution >= 0.6 is 0 Å². The fourth-order valence-electron chi connectivity index (χ4n) is 1.40. The first-order valence-electron chi connectivity index (χ1n) is 5.01. The number of rotatable bonds is 4. The van der Waals surface area contributed by atoms with Crippen LogP contribution in [0.3, 0.4) is 0 Å². The Balaban J connectivity index is 3.08. The lowest BCUT2D eigenvalue weighted by atomic mass is 10.1. The second kappa shape index (κ2) is 5.30. The Morgan fingerprint density at radius 2 is 2.25 bits per heavy atom. The SMILES string of the molecule is C/C=C/COc1cc(C)nc(C)c1C(=O)O. The van der Waals surface area contributed by atoms with Gasteiger partial charge in [-0.15, -0.1) is 0 Å². The maximum absolute atomic E-state index is 11.0. The molecule has 0 spiro atoms. The largest absolute Gasteiger partial charge is 0.488 e. The zero-order valence-corrected chi connectivity index (χ0v) is 9.65. The molecule has 0 aromatic carbocycles. The molecule has 1 aromatic heterocycles. The quantitative estimate of drug-likeness (QED) is 0.793. The second-order valence-electron chi connectivity index (χ2n) is 3.41. The third-order valence-electron chi connectivity index (χ3n) is 2.08. The van der Waals surface area contributed by atoms with E-state index < -0.39 is 5.97 Å². The number of nitrogens with zero attached hydrogens (tertiary/aromatic N) is 1. The first kappa shape index (κ1) is 12.2. The Kier molecular flexibility index (Phi) is 4.05. The Bertz CT molecular complexity index is 425. The first-order valence-corrected chi connectivity index (χ1v) is 5.01. The lowest BCUT2D eigenvalue weighted by molar-refractivity contribution is 0.0691. The molecule has 0 fully saturated rings. The van der Waals surface area contributed by atoms with E-state index in [0.29, 0.717) is 18.1 Å². The average molecular weight is 221 g/mol. The van der Waals surface area contributed by atoms with Crippen molar-refractivity contribution in [1.29, 1.82) is 0 Å². The number of carboxylic acid groups (broad SMARTS) is 1. The fraction of sp³-hybridized carbons (Fsp3) is 0.333. The number of aromatic nitrogens is 1. The summed E-state index contributed by atoms with van der Waals surface area (Å²) in [6.07, 6.45) is 3.66. The lowest BCUT2D eigenvalue weighted by Gasteiger charge is -2.10. The van der Waals surface area contributed by atoms with Crippen molar-refractivity contribution in [2.24, 2.45) is 0 Å². The van der Waals surface area contributed by atoms with Crippen LogP contribution in [0.2, 0.25) is 0 Å². The van der Waals surface area contributed by atoms with E-state index in [-0.39, 0.29) is 5.56 Å². The van der Waals surface area contributed by atoms with Gasteiger partial charge in [0.25, 0.3) is 0 Å². The van der Waals surface area contributed by atoms with E-state index in [1.165, 1.54) is 0 Å². The van der Waals surface area contributed by atoms with E-state index in [9.17, 15) is 4.79 Å². The molecular formula is C12H15NO3. The molecule has 1 N–H and O–H groups in total. The monoisotopic (exact) mass is 221 g/mol. The van der Waals surface area contributed by atoms with Gasteiger partial charge in [-0.05, 0) is 20.8 Å². The van der Waals surface area contributed by atoms with Gasteiger partial charge in [0.1, 0.15) is 17.9 Å². The maximum Gasteiger partial charge on any atom is 0.341 e. The minimum atomic E-state index is -1.01. The van der Waals surface area contributed by atoms with Gasteiger partial charge in [-0.3, -0.25) is 4.98 Å². The summed E-state index contributed by atoms with van der Waals surface area (Å²) in [5.74, 6) is -0.643. The van der Waals surface area contributed by atoms with Crippen LogP contribution in [-0.2, 0) is 0 Å². The van der Waals surface area contributed by atoms with Gasteiger partial charge >= 0.3 is 5.97 Å². The molecule has 0 aliphatic carbocycles. The summed E-state index contributed by atoms with van der Waals surface area (Å²) in [4.78, 5) is 15.2. The number of carbonyl (C=O) groups is 1. The molecule has 0 atom stereocenters. The third-order valence-corrected chi connectivity index (χ3v) is 2.08. The van der Waals surface area contributed by atoms with Crippen molar-refractivity contribution in [2.75, 3.05) is 6.61 Å². The lowest BCUT2D eigenvalue weighted by Crippen LogP contribution is -2.08. The molecule has 1 heterocycles. The molecule has 0 radical (unpaired) electrons. The van der Waals surface area contributed by atoms with Gasteiger partial charge in [-0.25, -0.2) is 4.79 Å². The number of carboxylic acids is 1. The standard InChI is InChI=1S/C12H15NO3/c1-4-5-6-16-10-7-8(2)13-9(3)11(10)12(14)15/h4-5,7H,6H2,1-3H3,(H,14,15)/b5-4+. The molecule has 0 saturated heterocycles. The molecule has 4 heteroatoms. The Labute approximate surface area is 94.6 Å². The highest BCUT2D eigenvalue weighted by atomic mass is 16.5. The third kappa shape index (κ3) is 2.82. The highest BCUT2D eigenvalue weighted by Gasteiger charge is 2.16. The molecule has 1 aromatic rings. The second-order valence-corrected chi connectivity index (χ2v) is 3.41. The van der Waals surface area contributed by atoms with Crippen LogP contribution < -0.4 is 4.74 Å². The Hall–Kier alpha value is -1.84. The molecule has 0 unspecified atom stereocenters. The molecule has 16 heavy (non-hydrogen) atoms. The minimum Gasteiger partial charge on any atom is -0.488 e. The van der Waals surface area contributed by atoms with Gasteiger partial charge in [-0.1, -0.05) is 12.2 Å². The average Bonchev–Trinajstić information content (AvgIpc) is 2.16. The van der Waals surface area contributed by atoms with Crippen LogP contribution in [0.15, 0.2) is 18.2 Å². The van der Waals surface area contributed by atoms with Crippen molar-refractivity contribution in [2.45, 2.75) is 20.8 Å². The van der Waals surface area contributed by atoms with Crippen LogP contribution in [0.4, 0.5) is 0 Å². The number of aryl methyl sites for hydroxylation is 2. The van der Waals surface area contributed by atoms with E-state index in [1.54, 1.807) is 19.9 Å². The van der Waals surface area contributed by atoms with Gasteiger partial charge in [0.15, 0.2) is 0 Å². The van der Waals surface area contributed by atoms with Crippen molar-refractivity contribution < 1.29 is 14.6 Å². The van der Waals surface area contributed by atoms with Crippen molar-refractivity contribution in [1.82, 2.24) is 4.98 Å². The van der Waals surface area contributed by atoms with E-state index in [2.05, 4.69) is 4.98 Å². The van der Waals surface area contributed by atoms with Gasteiger partial charge in [0.05, 0.1) is 5.69 Å². The van der Waals surface area contributed by atoms with E-state index in [4.69, 9.17) is 9.84 Å². The highest BCUT2D eigenvalue weighted by molar-refractivity contribution is 5.92. The highest BCUT2D eigenvalue weighted by Crippen LogP contribution is 2.22. The first-order chi connectivity index (χ1) is 7.56. The Morgan fingerprint density at radius 3 is 2.81 bits per heavy atom. The van der Waals surface area contributed by atoms with Crippen molar-refractivity contribution in [3.05, 3.63) is 35.2 Å². The van der Waals surface area contributed by atoms with Crippen LogP contribution in [0.1, 0.15) is 28.7 Å². The van der Waals surface area contributed by atoms with E-state index in [0.717, 1.165) is 5.69 Å². The smallest absolute Gasteiger partial charge is 0.341 e. The van der Waals surface area contributed by atoms with Gasteiger partial charge < -0.3 is 9.84 Å². The minimum absolute atomic E-state index is 0.134. The molecular weight excluding hydrogens is 206 g/mol. The van der Waals surface area contributed by atoms with Crippen molar-refractivity contribution in [3.8, 4) is 5.75 Å². The summed E-state index contributed by atoms with van der Waals surface area (Å²) >= 11 is 0. The molecule has 86 valence electrons. The number of aromatic carboxylic acids is 1. The van der Waals surface area contributed by atoms with Crippen molar-refractivity contribution in [3.63, 3.8) is 0 Å². The molecule has 0 aliphatic rings. The zero-order chi connectivity index (χ0) is 12.1. The summed E-state index contributed by atoms with van der Waals surface area (Å²) < 4.78 is 5.39. The van der Waals surface area contributed by atoms with E-state index in [1.807, 2.05) is 19.1 Å². The van der Waals surface area contributed by atoms with Gasteiger partial charge in [-0.2, -0.15) is 0 Å². The number of ether oxygens (including phenoxy) is 1. The normalized spacial score (nSPS) is 10.7. The van der Waals surface area contributed by atoms with E-state index >= 15 is 0 Å². The van der Waals surface area contributed by atoms with Crippen LogP contribution in [0.25, 0.3) is 0 Å². The van der Waals surface area contributed by atoms with Gasteiger partial charge in [0, 0.05) is 11.8 Å². The summed E-state index contributed by atoms with van der Waals surface area (Å²) in [7, 11) is 0. The van der Waals surface area contributed by atoms with Gasteiger partial charge in [0.2, 0.25) is 0 Å². The summed E-state index contributed by atoms with van der Waals surface area (Å²) in [6, 6.07) is 1.64. The molecule has 0 aliphatic heterocycles. The fourth-order valence-corrected chi connectivity index (χ4v) is 1.40. The number of pyridine rings is 1. The molecule has 0 amide bonds. The summed E-state index contributed by atoms with van der Waals surface area (Å²) in [5, 5.41) is 9.06. The van der Waals surface area contributed by atoms with Crippen molar-refractivity contribution >= 4 is 5.97 Å². The Morgan fingerprint density at radius 1 is 1.56 bits per heavy atom. The topological polar surface area (TPSA) is 59.4 Å². The number of allylic oxidation sites excluding steroid dienone is 1.